The third-order valence-electron chi connectivity index (χ3n) is 17.0. The number of benzene rings is 10. The van der Waals surface area contributed by atoms with Crippen molar-refractivity contribution in [3.63, 3.8) is 0 Å². The molecule has 0 heterocycles. The first kappa shape index (κ1) is 77.2. The van der Waals surface area contributed by atoms with Gasteiger partial charge in [0.2, 0.25) is 0 Å². The summed E-state index contributed by atoms with van der Waals surface area (Å²) < 4.78 is 27.1. The zero-order valence-electron chi connectivity index (χ0n) is 59.2. The quantitative estimate of drug-likeness (QED) is 0.0384. The number of hydrogen-bond acceptors (Lipinski definition) is 11. The fourth-order valence-corrected chi connectivity index (χ4v) is 8.86. The van der Waals surface area contributed by atoms with Gasteiger partial charge in [0, 0.05) is 22.3 Å². The summed E-state index contributed by atoms with van der Waals surface area (Å²) in [5, 5.41) is 0. The smallest absolute Gasteiger partial charge is 0.316 e. The average Bonchev–Trinajstić information content (AvgIpc) is 0.866. The van der Waals surface area contributed by atoms with Gasteiger partial charge in [-0.2, -0.15) is 0 Å². The van der Waals surface area contributed by atoms with Crippen molar-refractivity contribution in [1.29, 1.82) is 0 Å². The Balaban J connectivity index is 0.000000195. The molecule has 0 aliphatic carbocycles. The molecule has 0 fully saturated rings. The summed E-state index contributed by atoms with van der Waals surface area (Å²) in [5.41, 5.74) is 8.81. The Labute approximate surface area is 586 Å². The highest BCUT2D eigenvalue weighted by molar-refractivity contribution is 6.09. The zero-order valence-corrected chi connectivity index (χ0v) is 59.2. The van der Waals surface area contributed by atoms with E-state index < -0.39 is 10.8 Å². The number of esters is 5. The minimum absolute atomic E-state index is 0.0459. The number of carbonyl (C=O) groups excluding carboxylic acids is 6. The second-order valence-electron chi connectivity index (χ2n) is 25.2. The van der Waals surface area contributed by atoms with Gasteiger partial charge in [0.15, 0.2) is 5.78 Å². The second-order valence-corrected chi connectivity index (χ2v) is 25.2. The molecular formula is C88H94O11. The van der Waals surface area contributed by atoms with Crippen molar-refractivity contribution in [3.05, 3.63) is 284 Å². The van der Waals surface area contributed by atoms with E-state index in [1.54, 1.807) is 36.4 Å². The number of hydrogen-bond donors (Lipinski definition) is 0. The van der Waals surface area contributed by atoms with Crippen LogP contribution in [-0.4, -0.2) is 35.6 Å². The Morgan fingerprint density at radius 2 is 0.545 bits per heavy atom. The van der Waals surface area contributed by atoms with Gasteiger partial charge in [-0.25, -0.2) is 0 Å². The summed E-state index contributed by atoms with van der Waals surface area (Å²) in [6, 6.07) is 86.3. The number of para-hydroxylation sites is 2. The molecular weight excluding hydrogens is 1230 g/mol. The Hall–Kier alpha value is -10.8. The molecule has 10 aromatic carbocycles. The Morgan fingerprint density at radius 3 is 0.899 bits per heavy atom. The highest BCUT2D eigenvalue weighted by Crippen LogP contribution is 2.34. The normalized spacial score (nSPS) is 11.6. The maximum absolute atomic E-state index is 12.2. The lowest BCUT2D eigenvalue weighted by Crippen LogP contribution is -2.28. The SMILES string of the molecule is CCC(C)(C)C(=O)Oc1ccc(-c2ccccc2)cc1.CCC(C)(C)C(=O)Oc1ccccc1-c1ccccc1.CCC(C)C(=O)Oc1ccc(-c2ccccc2)cc1.CCC(C)C(=O)Oc1ccc(C(=O)c2ccccc2)cc1.CCC(C)C(=O)Oc1ccccc1-c1ccccc1. The van der Waals surface area contributed by atoms with E-state index in [-0.39, 0.29) is 53.4 Å². The van der Waals surface area contributed by atoms with Crippen LogP contribution in [0.4, 0.5) is 0 Å². The molecule has 0 radical (unpaired) electrons. The lowest BCUT2D eigenvalue weighted by molar-refractivity contribution is -0.144. The first-order valence-electron chi connectivity index (χ1n) is 34.0. The molecule has 0 aliphatic heterocycles. The van der Waals surface area contributed by atoms with Gasteiger partial charge in [0.1, 0.15) is 28.7 Å². The van der Waals surface area contributed by atoms with Gasteiger partial charge >= 0.3 is 29.8 Å². The average molecular weight is 1330 g/mol. The molecule has 0 aromatic heterocycles. The van der Waals surface area contributed by atoms with E-state index in [1.165, 1.54) is 0 Å². The highest BCUT2D eigenvalue weighted by atomic mass is 16.6. The van der Waals surface area contributed by atoms with E-state index in [0.717, 1.165) is 76.6 Å². The second kappa shape index (κ2) is 39.4. The molecule has 0 bridgehead atoms. The molecule has 3 unspecified atom stereocenters. The largest absolute Gasteiger partial charge is 0.426 e. The molecule has 0 N–H and O–H groups in total. The lowest BCUT2D eigenvalue weighted by atomic mass is 9.90. The fraction of sp³-hybridized carbons (Fsp3) is 0.250. The van der Waals surface area contributed by atoms with Gasteiger partial charge < -0.3 is 23.7 Å². The topological polar surface area (TPSA) is 149 Å². The predicted octanol–water partition coefficient (Wildman–Crippen LogP) is 21.9. The highest BCUT2D eigenvalue weighted by Gasteiger charge is 2.29. The van der Waals surface area contributed by atoms with Crippen LogP contribution < -0.4 is 23.7 Å². The van der Waals surface area contributed by atoms with Gasteiger partial charge in [0.25, 0.3) is 0 Å². The summed E-state index contributed by atoms with van der Waals surface area (Å²) >= 11 is 0. The molecule has 11 nitrogen and oxygen atoms in total. The summed E-state index contributed by atoms with van der Waals surface area (Å²) in [5.74, 6) is 1.61. The van der Waals surface area contributed by atoms with Gasteiger partial charge in [-0.1, -0.05) is 268 Å². The Morgan fingerprint density at radius 1 is 0.283 bits per heavy atom. The number of rotatable bonds is 21. The lowest BCUT2D eigenvalue weighted by Gasteiger charge is -2.21. The third-order valence-corrected chi connectivity index (χ3v) is 17.0. The zero-order chi connectivity index (χ0) is 71.7. The minimum atomic E-state index is -0.468. The van der Waals surface area contributed by atoms with Gasteiger partial charge in [-0.05, 0) is 154 Å². The molecule has 99 heavy (non-hydrogen) atoms. The van der Waals surface area contributed by atoms with Crippen LogP contribution in [0.2, 0.25) is 0 Å². The van der Waals surface area contributed by atoms with Crippen LogP contribution in [0, 0.1) is 28.6 Å². The molecule has 512 valence electrons. The number of carbonyl (C=O) groups is 6. The molecule has 0 spiro atoms. The van der Waals surface area contributed by atoms with Crippen LogP contribution in [0.5, 0.6) is 28.7 Å². The minimum Gasteiger partial charge on any atom is -0.426 e. The third kappa shape index (κ3) is 24.4. The van der Waals surface area contributed by atoms with Crippen LogP contribution in [0.15, 0.2) is 273 Å². The Bertz CT molecular complexity index is 4090. The fourth-order valence-electron chi connectivity index (χ4n) is 8.86. The van der Waals surface area contributed by atoms with Gasteiger partial charge in [-0.15, -0.1) is 0 Å². The van der Waals surface area contributed by atoms with Crippen LogP contribution in [-0.2, 0) is 24.0 Å². The molecule has 0 saturated heterocycles. The van der Waals surface area contributed by atoms with Crippen LogP contribution in [0.1, 0.15) is 131 Å². The molecule has 0 amide bonds. The number of ketones is 1. The molecule has 3 atom stereocenters. The molecule has 11 heteroatoms. The van der Waals surface area contributed by atoms with Crippen molar-refractivity contribution in [2.75, 3.05) is 0 Å². The maximum Gasteiger partial charge on any atom is 0.316 e. The monoisotopic (exact) mass is 1330 g/mol. The number of ether oxygens (including phenoxy) is 5. The van der Waals surface area contributed by atoms with Crippen molar-refractivity contribution in [1.82, 2.24) is 0 Å². The first-order valence-corrected chi connectivity index (χ1v) is 34.0. The van der Waals surface area contributed by atoms with Crippen LogP contribution in [0.3, 0.4) is 0 Å². The molecule has 10 rings (SSSR count). The standard InChI is InChI=1S/C18H18O3.2C18H20O2.2C17H18O2/c1-3-13(2)18(20)21-16-11-9-15(10-12-16)17(19)14-7-5-4-6-8-14;1-4-18(2,3)17(19)20-16-13-9-8-12-15(16)14-10-6-5-7-11-14;1-4-18(2,3)17(19)20-16-12-10-15(11-13-16)14-8-6-5-7-9-14;1-3-13(2)17(18)19-16-12-8-7-11-15(16)14-9-5-4-6-10-14;1-3-13(2)17(18)19-16-11-9-15(10-12-16)14-7-5-4-6-8-14/h4-13H,3H2,1-2H3;2*5-13H,4H2,1-3H3;2*4-13H,3H2,1-2H3. The van der Waals surface area contributed by atoms with Gasteiger partial charge in [0.05, 0.1) is 28.6 Å². The van der Waals surface area contributed by atoms with Gasteiger partial charge in [-0.3, -0.25) is 28.8 Å². The van der Waals surface area contributed by atoms with E-state index in [4.69, 9.17) is 23.7 Å². The van der Waals surface area contributed by atoms with E-state index in [9.17, 15) is 28.8 Å². The van der Waals surface area contributed by atoms with Crippen molar-refractivity contribution < 1.29 is 52.5 Å². The van der Waals surface area contributed by atoms with Crippen molar-refractivity contribution in [2.45, 2.75) is 115 Å². The summed E-state index contributed by atoms with van der Waals surface area (Å²) in [6.45, 7) is 23.1. The molecule has 0 saturated carbocycles. The van der Waals surface area contributed by atoms with E-state index in [0.29, 0.717) is 39.9 Å². The first-order chi connectivity index (χ1) is 47.6. The Kier molecular flexibility index (Phi) is 30.8. The van der Waals surface area contributed by atoms with Crippen LogP contribution >= 0.6 is 0 Å². The van der Waals surface area contributed by atoms with E-state index in [1.807, 2.05) is 295 Å². The van der Waals surface area contributed by atoms with Crippen molar-refractivity contribution in [3.8, 4) is 73.3 Å². The van der Waals surface area contributed by atoms with Crippen molar-refractivity contribution >= 4 is 35.6 Å². The van der Waals surface area contributed by atoms with E-state index >= 15 is 0 Å². The molecule has 10 aromatic rings. The maximum atomic E-state index is 12.2. The van der Waals surface area contributed by atoms with Crippen molar-refractivity contribution in [2.24, 2.45) is 28.6 Å². The van der Waals surface area contributed by atoms with Crippen LogP contribution in [0.25, 0.3) is 44.5 Å². The summed E-state index contributed by atoms with van der Waals surface area (Å²) in [7, 11) is 0. The predicted molar refractivity (Wildman–Crippen MR) is 399 cm³/mol. The summed E-state index contributed by atoms with van der Waals surface area (Å²) in [4.78, 5) is 71.7. The summed E-state index contributed by atoms with van der Waals surface area (Å²) in [6.07, 6.45) is 3.82. The van der Waals surface area contributed by atoms with E-state index in [2.05, 4.69) is 24.3 Å². The molecule has 0 aliphatic rings.